The average molecular weight is 464 g/mol. The Morgan fingerprint density at radius 2 is 1.52 bits per heavy atom. The number of carbonyl (C=O) groups is 1. The third-order valence-corrected chi connectivity index (χ3v) is 7.13. The van der Waals surface area contributed by atoms with Crippen molar-refractivity contribution in [3.63, 3.8) is 0 Å². The van der Waals surface area contributed by atoms with Crippen LogP contribution in [0.4, 0.5) is 20.6 Å². The van der Waals surface area contributed by atoms with Gasteiger partial charge in [0.1, 0.15) is 5.82 Å². The number of halogens is 1. The number of hydrogen-bond acceptors (Lipinski definition) is 4. The van der Waals surface area contributed by atoms with Crippen LogP contribution in [0.2, 0.25) is 0 Å². The van der Waals surface area contributed by atoms with Gasteiger partial charge in [0.2, 0.25) is 0 Å². The first kappa shape index (κ1) is 21.9. The van der Waals surface area contributed by atoms with E-state index in [0.29, 0.717) is 25.3 Å². The fourth-order valence-electron chi connectivity index (χ4n) is 4.21. The number of benzene rings is 3. The van der Waals surface area contributed by atoms with Gasteiger partial charge in [0.15, 0.2) is 0 Å². The van der Waals surface area contributed by atoms with Crippen LogP contribution >= 0.6 is 11.8 Å². The number of fused-ring (bicyclic) bond motifs is 2. The molecule has 3 aromatic carbocycles. The van der Waals surface area contributed by atoms with Gasteiger partial charge in [0.05, 0.1) is 31.1 Å². The third kappa shape index (κ3) is 4.76. The zero-order valence-electron chi connectivity index (χ0n) is 18.3. The molecular weight excluding hydrogens is 437 g/mol. The zero-order valence-corrected chi connectivity index (χ0v) is 19.1. The number of carbonyl (C=O) groups excluding carboxylic acids is 1. The van der Waals surface area contributed by atoms with Crippen LogP contribution in [-0.4, -0.2) is 55.2 Å². The van der Waals surface area contributed by atoms with Gasteiger partial charge in [-0.1, -0.05) is 54.2 Å². The monoisotopic (exact) mass is 463 g/mol. The van der Waals surface area contributed by atoms with Crippen molar-refractivity contribution in [1.29, 1.82) is 0 Å². The number of para-hydroxylation sites is 2. The van der Waals surface area contributed by atoms with Gasteiger partial charge in [0, 0.05) is 41.5 Å². The van der Waals surface area contributed by atoms with Crippen LogP contribution in [0.25, 0.3) is 0 Å². The maximum atomic E-state index is 14.5. The Hall–Kier alpha value is -2.87. The molecule has 0 unspecified atom stereocenters. The molecule has 3 aromatic rings. The third-order valence-electron chi connectivity index (χ3n) is 6.00. The molecule has 1 saturated heterocycles. The van der Waals surface area contributed by atoms with Crippen molar-refractivity contribution in [1.82, 2.24) is 9.80 Å². The van der Waals surface area contributed by atoms with Crippen molar-refractivity contribution >= 4 is 29.2 Å². The van der Waals surface area contributed by atoms with Crippen molar-refractivity contribution in [2.45, 2.75) is 16.3 Å². The minimum atomic E-state index is -0.295. The van der Waals surface area contributed by atoms with Gasteiger partial charge in [-0.25, -0.2) is 9.18 Å². The summed E-state index contributed by atoms with van der Waals surface area (Å²) in [5.74, 6) is -0.295. The van der Waals surface area contributed by atoms with Crippen LogP contribution in [0, 0.1) is 5.82 Å². The molecule has 7 heteroatoms. The molecule has 170 valence electrons. The van der Waals surface area contributed by atoms with E-state index in [2.05, 4.69) is 4.90 Å². The Labute approximate surface area is 197 Å². The van der Waals surface area contributed by atoms with Crippen molar-refractivity contribution in [2.75, 3.05) is 44.3 Å². The fraction of sp³-hybridized carbons (Fsp3) is 0.269. The van der Waals surface area contributed by atoms with Gasteiger partial charge >= 0.3 is 6.03 Å². The molecule has 0 bridgehead atoms. The predicted octanol–water partition coefficient (Wildman–Crippen LogP) is 5.38. The Bertz CT molecular complexity index is 1090. The predicted molar refractivity (Wildman–Crippen MR) is 129 cm³/mol. The highest BCUT2D eigenvalue weighted by molar-refractivity contribution is 7.99. The van der Waals surface area contributed by atoms with E-state index in [1.54, 1.807) is 33.7 Å². The van der Waals surface area contributed by atoms with E-state index in [0.717, 1.165) is 40.8 Å². The molecule has 1 fully saturated rings. The van der Waals surface area contributed by atoms with Crippen LogP contribution in [0.1, 0.15) is 5.56 Å². The largest absolute Gasteiger partial charge is 0.379 e. The lowest BCUT2D eigenvalue weighted by Crippen LogP contribution is -2.46. The minimum Gasteiger partial charge on any atom is -0.379 e. The van der Waals surface area contributed by atoms with Gasteiger partial charge in [0.25, 0.3) is 0 Å². The van der Waals surface area contributed by atoms with E-state index in [1.807, 2.05) is 54.6 Å². The lowest BCUT2D eigenvalue weighted by atomic mass is 10.2. The van der Waals surface area contributed by atoms with Crippen molar-refractivity contribution in [3.05, 3.63) is 84.2 Å². The van der Waals surface area contributed by atoms with E-state index in [1.165, 1.54) is 6.07 Å². The smallest absolute Gasteiger partial charge is 0.329 e. The summed E-state index contributed by atoms with van der Waals surface area (Å²) in [6, 6.07) is 22.4. The van der Waals surface area contributed by atoms with Crippen LogP contribution in [0.3, 0.4) is 0 Å². The molecule has 0 aliphatic carbocycles. The number of hydrogen-bond donors (Lipinski definition) is 0. The van der Waals surface area contributed by atoms with E-state index in [9.17, 15) is 9.18 Å². The SMILES string of the molecule is O=C(N(CCN1CCOCC1)Cc1ccccc1F)N1c2ccccc2Sc2ccccc21. The topological polar surface area (TPSA) is 36.0 Å². The van der Waals surface area contributed by atoms with Gasteiger partial charge in [-0.2, -0.15) is 0 Å². The van der Waals surface area contributed by atoms with Crippen LogP contribution in [0.15, 0.2) is 82.6 Å². The summed E-state index contributed by atoms with van der Waals surface area (Å²) in [7, 11) is 0. The summed E-state index contributed by atoms with van der Waals surface area (Å²) in [5, 5.41) is 0. The van der Waals surface area contributed by atoms with Crippen molar-refractivity contribution in [2.24, 2.45) is 0 Å². The molecule has 0 atom stereocenters. The lowest BCUT2D eigenvalue weighted by molar-refractivity contribution is 0.0348. The Balaban J connectivity index is 1.48. The summed E-state index contributed by atoms with van der Waals surface area (Å²) in [4.78, 5) is 22.0. The molecule has 2 heterocycles. The Morgan fingerprint density at radius 1 is 0.909 bits per heavy atom. The van der Waals surface area contributed by atoms with E-state index in [4.69, 9.17) is 4.74 Å². The number of amides is 2. The van der Waals surface area contributed by atoms with Gasteiger partial charge < -0.3 is 9.64 Å². The second kappa shape index (κ2) is 9.95. The first-order valence-electron chi connectivity index (χ1n) is 11.2. The molecule has 2 aliphatic heterocycles. The molecule has 0 saturated carbocycles. The quantitative estimate of drug-likeness (QED) is 0.509. The normalized spacial score (nSPS) is 15.6. The number of morpholine rings is 1. The number of anilines is 2. The van der Waals surface area contributed by atoms with Gasteiger partial charge in [-0.3, -0.25) is 9.80 Å². The maximum Gasteiger partial charge on any atom is 0.329 e. The molecule has 2 aliphatic rings. The summed E-state index contributed by atoms with van der Waals surface area (Å²) in [6.07, 6.45) is 0. The molecule has 33 heavy (non-hydrogen) atoms. The maximum absolute atomic E-state index is 14.5. The Morgan fingerprint density at radius 3 is 2.18 bits per heavy atom. The van der Waals surface area contributed by atoms with Crippen molar-refractivity contribution < 1.29 is 13.9 Å². The number of rotatable bonds is 5. The Kier molecular flexibility index (Phi) is 6.62. The summed E-state index contributed by atoms with van der Waals surface area (Å²) >= 11 is 1.66. The van der Waals surface area contributed by atoms with Crippen molar-refractivity contribution in [3.8, 4) is 0 Å². The van der Waals surface area contributed by atoms with Gasteiger partial charge in [-0.15, -0.1) is 0 Å². The van der Waals surface area contributed by atoms with Gasteiger partial charge in [-0.05, 0) is 30.3 Å². The van der Waals surface area contributed by atoms with E-state index in [-0.39, 0.29) is 18.4 Å². The number of ether oxygens (including phenoxy) is 1. The van der Waals surface area contributed by atoms with E-state index < -0.39 is 0 Å². The molecule has 5 rings (SSSR count). The number of urea groups is 1. The van der Waals surface area contributed by atoms with E-state index >= 15 is 0 Å². The molecule has 0 aromatic heterocycles. The summed E-state index contributed by atoms with van der Waals surface area (Å²) in [5.41, 5.74) is 2.23. The average Bonchev–Trinajstić information content (AvgIpc) is 2.86. The van der Waals surface area contributed by atoms with Crippen LogP contribution < -0.4 is 4.90 Å². The molecule has 5 nitrogen and oxygen atoms in total. The molecule has 0 spiro atoms. The molecule has 0 N–H and O–H groups in total. The second-order valence-electron chi connectivity index (χ2n) is 8.12. The minimum absolute atomic E-state index is 0.147. The van der Waals surface area contributed by atoms with Crippen LogP contribution in [-0.2, 0) is 11.3 Å². The zero-order chi connectivity index (χ0) is 22.6. The highest BCUT2D eigenvalue weighted by atomic mass is 32.2. The first-order chi connectivity index (χ1) is 16.2. The summed E-state index contributed by atoms with van der Waals surface area (Å²) < 4.78 is 20.0. The molecule has 0 radical (unpaired) electrons. The highest BCUT2D eigenvalue weighted by Crippen LogP contribution is 2.48. The lowest BCUT2D eigenvalue weighted by Gasteiger charge is -2.36. The number of nitrogens with zero attached hydrogens (tertiary/aromatic N) is 3. The molecule has 2 amide bonds. The van der Waals surface area contributed by atoms with Crippen LogP contribution in [0.5, 0.6) is 0 Å². The standard InChI is InChI=1S/C26H26FN3O2S/c27-21-8-2-1-7-20(21)19-29(14-13-28-15-17-32-18-16-28)26(31)30-22-9-3-5-11-24(22)33-25-12-6-4-10-23(25)30/h1-12H,13-19H2. The summed E-state index contributed by atoms with van der Waals surface area (Å²) in [6.45, 7) is 4.51. The highest BCUT2D eigenvalue weighted by Gasteiger charge is 2.31. The second-order valence-corrected chi connectivity index (χ2v) is 9.21. The molecular formula is C26H26FN3O2S. The first-order valence-corrected chi connectivity index (χ1v) is 12.0. The fourth-order valence-corrected chi connectivity index (χ4v) is 5.27.